The molecule has 0 saturated carbocycles. The lowest BCUT2D eigenvalue weighted by atomic mass is 10.2. The number of halogens is 2. The number of nitrogens with two attached hydrogens (primary N) is 1. The molecule has 35 heavy (non-hydrogen) atoms. The van der Waals surface area contributed by atoms with E-state index in [2.05, 4.69) is 4.57 Å². The molecular weight excluding hydrogens is 491 g/mol. The quantitative estimate of drug-likeness (QED) is 0.289. The van der Waals surface area contributed by atoms with Gasteiger partial charge in [0.05, 0.1) is 30.0 Å². The molecule has 1 aromatic heterocycles. The highest BCUT2D eigenvalue weighted by Gasteiger charge is 2.24. The SMILES string of the molecule is COCCn1c(COc2ccc(OC3CCN(C(C)=N)C3)cc2)nc2cc(C(=N)N)ccc21.Cl.Cl. The van der Waals surface area contributed by atoms with Gasteiger partial charge in [-0.3, -0.25) is 10.8 Å². The van der Waals surface area contributed by atoms with E-state index in [-0.39, 0.29) is 36.8 Å². The van der Waals surface area contributed by atoms with E-state index in [0.717, 1.165) is 47.9 Å². The number of methoxy groups -OCH3 is 1. The number of benzene rings is 2. The van der Waals surface area contributed by atoms with Crippen LogP contribution in [-0.2, 0) is 17.9 Å². The van der Waals surface area contributed by atoms with Gasteiger partial charge in [0.25, 0.3) is 0 Å². The van der Waals surface area contributed by atoms with Crippen LogP contribution in [0.25, 0.3) is 11.0 Å². The van der Waals surface area contributed by atoms with Crippen LogP contribution >= 0.6 is 24.8 Å². The lowest BCUT2D eigenvalue weighted by Gasteiger charge is -2.17. The van der Waals surface area contributed by atoms with Gasteiger partial charge in [-0.05, 0) is 49.4 Å². The van der Waals surface area contributed by atoms with Gasteiger partial charge in [0.1, 0.15) is 35.9 Å². The van der Waals surface area contributed by atoms with E-state index >= 15 is 0 Å². The fraction of sp³-hybridized carbons (Fsp3) is 0.375. The summed E-state index contributed by atoms with van der Waals surface area (Å²) in [7, 11) is 1.67. The summed E-state index contributed by atoms with van der Waals surface area (Å²) in [5.41, 5.74) is 7.99. The van der Waals surface area contributed by atoms with Gasteiger partial charge in [0.2, 0.25) is 0 Å². The number of hydrogen-bond acceptors (Lipinski definition) is 6. The van der Waals surface area contributed by atoms with E-state index in [0.29, 0.717) is 31.2 Å². The van der Waals surface area contributed by atoms with Gasteiger partial charge < -0.3 is 29.4 Å². The summed E-state index contributed by atoms with van der Waals surface area (Å²) in [6, 6.07) is 13.2. The molecule has 0 spiro atoms. The highest BCUT2D eigenvalue weighted by atomic mass is 35.5. The number of nitrogens with one attached hydrogen (secondary N) is 2. The summed E-state index contributed by atoms with van der Waals surface area (Å²) in [4.78, 5) is 6.74. The summed E-state index contributed by atoms with van der Waals surface area (Å²) in [6.07, 6.45) is 1.01. The van der Waals surface area contributed by atoms with Crippen molar-refractivity contribution in [2.24, 2.45) is 5.73 Å². The molecular formula is C24H32Cl2N6O3. The Morgan fingerprint density at radius 2 is 1.83 bits per heavy atom. The molecule has 0 bridgehead atoms. The molecule has 1 atom stereocenters. The minimum absolute atomic E-state index is 0. The lowest BCUT2D eigenvalue weighted by molar-refractivity contribution is 0.185. The van der Waals surface area contributed by atoms with Gasteiger partial charge in [0, 0.05) is 32.2 Å². The smallest absolute Gasteiger partial charge is 0.148 e. The van der Waals surface area contributed by atoms with Crippen molar-refractivity contribution < 1.29 is 14.2 Å². The molecule has 4 rings (SSSR count). The summed E-state index contributed by atoms with van der Waals surface area (Å²) >= 11 is 0. The predicted molar refractivity (Wildman–Crippen MR) is 142 cm³/mol. The van der Waals surface area contributed by atoms with Crippen LogP contribution in [0.4, 0.5) is 0 Å². The Morgan fingerprint density at radius 3 is 2.46 bits per heavy atom. The summed E-state index contributed by atoms with van der Waals surface area (Å²) in [5, 5.41) is 15.4. The van der Waals surface area contributed by atoms with E-state index in [4.69, 9.17) is 35.7 Å². The van der Waals surface area contributed by atoms with E-state index in [9.17, 15) is 0 Å². The second kappa shape index (κ2) is 12.6. The number of imidazole rings is 1. The van der Waals surface area contributed by atoms with Gasteiger partial charge in [-0.25, -0.2) is 4.98 Å². The number of fused-ring (bicyclic) bond motifs is 1. The van der Waals surface area contributed by atoms with Crippen LogP contribution in [-0.4, -0.2) is 59.0 Å². The van der Waals surface area contributed by atoms with Gasteiger partial charge in [-0.2, -0.15) is 0 Å². The first-order valence-electron chi connectivity index (χ1n) is 11.0. The van der Waals surface area contributed by atoms with E-state index < -0.39 is 0 Å². The number of aromatic nitrogens is 2. The van der Waals surface area contributed by atoms with Gasteiger partial charge in [-0.1, -0.05) is 0 Å². The second-order valence-corrected chi connectivity index (χ2v) is 8.11. The zero-order valence-electron chi connectivity index (χ0n) is 19.8. The maximum atomic E-state index is 7.75. The van der Waals surface area contributed by atoms with Crippen LogP contribution in [0.15, 0.2) is 42.5 Å². The molecule has 1 unspecified atom stereocenters. The van der Waals surface area contributed by atoms with E-state index in [1.165, 1.54) is 0 Å². The zero-order valence-corrected chi connectivity index (χ0v) is 21.5. The molecule has 11 heteroatoms. The normalized spacial score (nSPS) is 14.8. The molecule has 0 radical (unpaired) electrons. The molecule has 2 aromatic carbocycles. The Labute approximate surface area is 217 Å². The van der Waals surface area contributed by atoms with Crippen LogP contribution in [0.3, 0.4) is 0 Å². The Hall–Kier alpha value is -3.01. The first kappa shape index (κ1) is 28.2. The van der Waals surface area contributed by atoms with Crippen molar-refractivity contribution in [3.8, 4) is 11.5 Å². The first-order chi connectivity index (χ1) is 15.9. The van der Waals surface area contributed by atoms with Gasteiger partial charge in [-0.15, -0.1) is 24.8 Å². The average Bonchev–Trinajstić information content (AvgIpc) is 3.41. The van der Waals surface area contributed by atoms with Crippen molar-refractivity contribution in [1.29, 1.82) is 10.8 Å². The van der Waals surface area contributed by atoms with Crippen LogP contribution in [0.1, 0.15) is 24.7 Å². The molecule has 4 N–H and O–H groups in total. The minimum atomic E-state index is 0. The first-order valence-corrected chi connectivity index (χ1v) is 11.0. The Bertz CT molecular complexity index is 1150. The zero-order chi connectivity index (χ0) is 23.4. The van der Waals surface area contributed by atoms with Crippen LogP contribution in [0.2, 0.25) is 0 Å². The van der Waals surface area contributed by atoms with Gasteiger partial charge >= 0.3 is 0 Å². The van der Waals surface area contributed by atoms with Crippen LogP contribution < -0.4 is 15.2 Å². The molecule has 0 aliphatic carbocycles. The van der Waals surface area contributed by atoms with E-state index in [1.807, 2.05) is 47.4 Å². The molecule has 3 aromatic rings. The van der Waals surface area contributed by atoms with Crippen molar-refractivity contribution in [3.63, 3.8) is 0 Å². The monoisotopic (exact) mass is 522 g/mol. The third-order valence-electron chi connectivity index (χ3n) is 5.77. The van der Waals surface area contributed by atoms with Crippen molar-refractivity contribution in [1.82, 2.24) is 14.5 Å². The van der Waals surface area contributed by atoms with Crippen molar-refractivity contribution >= 4 is 47.5 Å². The minimum Gasteiger partial charge on any atom is -0.489 e. The summed E-state index contributed by atoms with van der Waals surface area (Å²) < 4.78 is 19.4. The number of likely N-dealkylation sites (tertiary alicyclic amines) is 1. The topological polar surface area (TPSA) is 122 Å². The van der Waals surface area contributed by atoms with Crippen molar-refractivity contribution in [2.45, 2.75) is 32.6 Å². The van der Waals surface area contributed by atoms with Crippen molar-refractivity contribution in [2.75, 3.05) is 26.8 Å². The molecule has 1 aliphatic rings. The molecule has 190 valence electrons. The number of amidine groups is 2. The van der Waals surface area contributed by atoms with Crippen LogP contribution in [0, 0.1) is 10.8 Å². The number of nitrogen functional groups attached to an aromatic ring is 1. The molecule has 9 nitrogen and oxygen atoms in total. The maximum absolute atomic E-state index is 7.75. The number of hydrogen-bond donors (Lipinski definition) is 3. The Balaban J connectivity index is 0.00000216. The van der Waals surface area contributed by atoms with Crippen molar-refractivity contribution in [3.05, 3.63) is 53.9 Å². The predicted octanol–water partition coefficient (Wildman–Crippen LogP) is 3.84. The largest absolute Gasteiger partial charge is 0.489 e. The highest BCUT2D eigenvalue weighted by Crippen LogP contribution is 2.24. The maximum Gasteiger partial charge on any atom is 0.148 e. The standard InChI is InChI=1S/C24H30N6O3.2ClH/c1-16(25)29-10-9-20(14-29)33-19-6-4-18(5-7-19)32-15-23-28-21-13-17(24(26)27)3-8-22(21)30(23)11-12-31-2;;/h3-8,13,20,25H,9-12,14-15H2,1-2H3,(H3,26,27);2*1H. The molecule has 1 fully saturated rings. The molecule has 1 saturated heterocycles. The molecule has 0 amide bonds. The highest BCUT2D eigenvalue weighted by molar-refractivity contribution is 5.98. The molecule has 1 aliphatic heterocycles. The average molecular weight is 523 g/mol. The third kappa shape index (κ3) is 6.78. The second-order valence-electron chi connectivity index (χ2n) is 8.11. The Kier molecular flexibility index (Phi) is 10.2. The molecule has 2 heterocycles. The number of nitrogens with zero attached hydrogens (tertiary/aromatic N) is 3. The fourth-order valence-electron chi connectivity index (χ4n) is 3.97. The van der Waals surface area contributed by atoms with Crippen LogP contribution in [0.5, 0.6) is 11.5 Å². The Morgan fingerprint density at radius 1 is 1.11 bits per heavy atom. The van der Waals surface area contributed by atoms with Gasteiger partial charge in [0.15, 0.2) is 0 Å². The lowest BCUT2D eigenvalue weighted by Crippen LogP contribution is -2.28. The fourth-order valence-corrected chi connectivity index (χ4v) is 3.97. The summed E-state index contributed by atoms with van der Waals surface area (Å²) in [5.74, 6) is 2.89. The number of rotatable bonds is 9. The number of ether oxygens (including phenoxy) is 3. The summed E-state index contributed by atoms with van der Waals surface area (Å²) in [6.45, 7) is 4.90. The third-order valence-corrected chi connectivity index (χ3v) is 5.77. The van der Waals surface area contributed by atoms with E-state index in [1.54, 1.807) is 14.0 Å².